The average Bonchev–Trinajstić information content (AvgIpc) is 2.37. The number of hydrogen-bond acceptors (Lipinski definition) is 5. The van der Waals surface area contributed by atoms with E-state index >= 15 is 0 Å². The number of carbonyl (C=O) groups excluding carboxylic acids is 2. The number of aryl methyl sites for hydroxylation is 1. The Morgan fingerprint density at radius 1 is 1.35 bits per heavy atom. The van der Waals surface area contributed by atoms with Gasteiger partial charge in [0, 0.05) is 20.6 Å². The minimum absolute atomic E-state index is 0.0670. The second-order valence-corrected chi connectivity index (χ2v) is 4.98. The van der Waals surface area contributed by atoms with Crippen LogP contribution in [0.2, 0.25) is 5.15 Å². The van der Waals surface area contributed by atoms with Crippen molar-refractivity contribution in [2.75, 3.05) is 32.1 Å². The maximum atomic E-state index is 11.9. The first-order valence-corrected chi connectivity index (χ1v) is 6.72. The molecule has 0 N–H and O–H groups in total. The predicted molar refractivity (Wildman–Crippen MR) is 78.4 cm³/mol. The number of amides is 1. The van der Waals surface area contributed by atoms with Gasteiger partial charge in [-0.1, -0.05) is 18.5 Å². The molecule has 1 amide bonds. The summed E-state index contributed by atoms with van der Waals surface area (Å²) in [4.78, 5) is 34.6. The van der Waals surface area contributed by atoms with Gasteiger partial charge in [0.1, 0.15) is 16.8 Å². The first-order valence-electron chi connectivity index (χ1n) is 6.35. The topological polar surface area (TPSA) is 66.4 Å². The molecule has 0 aromatic carbocycles. The van der Waals surface area contributed by atoms with Crippen molar-refractivity contribution in [2.24, 2.45) is 0 Å². The third-order valence-electron chi connectivity index (χ3n) is 2.73. The average molecular weight is 299 g/mol. The van der Waals surface area contributed by atoms with Gasteiger partial charge in [-0.25, -0.2) is 9.97 Å². The Morgan fingerprint density at radius 2 is 2.00 bits per heavy atom. The Bertz CT molecular complexity index is 505. The molecule has 1 aromatic heterocycles. The molecular weight excluding hydrogens is 280 g/mol. The highest BCUT2D eigenvalue weighted by Crippen LogP contribution is 2.23. The van der Waals surface area contributed by atoms with E-state index in [0.717, 1.165) is 6.42 Å². The predicted octanol–water partition coefficient (Wildman–Crippen LogP) is 1.56. The summed E-state index contributed by atoms with van der Waals surface area (Å²) in [5.41, 5.74) is 0.220. The summed E-state index contributed by atoms with van der Waals surface area (Å²) >= 11 is 5.97. The van der Waals surface area contributed by atoms with E-state index in [1.165, 1.54) is 4.90 Å². The molecule has 0 radical (unpaired) electrons. The van der Waals surface area contributed by atoms with Crippen molar-refractivity contribution in [2.45, 2.75) is 20.3 Å². The van der Waals surface area contributed by atoms with Crippen LogP contribution in [0.15, 0.2) is 0 Å². The van der Waals surface area contributed by atoms with E-state index in [-0.39, 0.29) is 23.2 Å². The summed E-state index contributed by atoms with van der Waals surface area (Å²) in [5, 5.41) is 0.112. The van der Waals surface area contributed by atoms with Crippen molar-refractivity contribution in [1.29, 1.82) is 0 Å². The lowest BCUT2D eigenvalue weighted by Crippen LogP contribution is -2.38. The molecular formula is C13H19ClN4O2. The smallest absolute Gasteiger partial charge is 0.241 e. The number of aromatic nitrogens is 2. The van der Waals surface area contributed by atoms with Crippen molar-refractivity contribution in [1.82, 2.24) is 14.9 Å². The lowest BCUT2D eigenvalue weighted by atomic mass is 10.2. The van der Waals surface area contributed by atoms with Gasteiger partial charge >= 0.3 is 0 Å². The number of likely N-dealkylation sites (N-methyl/N-ethyl adjacent to an activating group) is 1. The third-order valence-corrected chi connectivity index (χ3v) is 3.01. The normalized spacial score (nSPS) is 10.2. The minimum atomic E-state index is -0.0670. The number of hydrogen-bond donors (Lipinski definition) is 0. The molecule has 0 fully saturated rings. The number of rotatable bonds is 6. The largest absolute Gasteiger partial charge is 0.347 e. The Balaban J connectivity index is 3.20. The van der Waals surface area contributed by atoms with Crippen molar-refractivity contribution in [3.63, 3.8) is 0 Å². The molecule has 110 valence electrons. The van der Waals surface area contributed by atoms with E-state index < -0.39 is 0 Å². The number of carbonyl (C=O) groups is 2. The van der Waals surface area contributed by atoms with Gasteiger partial charge in [-0.15, -0.1) is 0 Å². The number of nitrogens with zero attached hydrogens (tertiary/aromatic N) is 4. The fraction of sp³-hybridized carbons (Fsp3) is 0.538. The van der Waals surface area contributed by atoms with Crippen LogP contribution in [0, 0.1) is 6.92 Å². The van der Waals surface area contributed by atoms with E-state index in [1.807, 2.05) is 6.92 Å². The molecule has 0 unspecified atom stereocenters. The van der Waals surface area contributed by atoms with Gasteiger partial charge in [-0.2, -0.15) is 0 Å². The van der Waals surface area contributed by atoms with Crippen LogP contribution in [0.25, 0.3) is 0 Å². The van der Waals surface area contributed by atoms with Gasteiger partial charge in [-0.3, -0.25) is 9.59 Å². The van der Waals surface area contributed by atoms with Gasteiger partial charge in [-0.05, 0) is 13.3 Å². The lowest BCUT2D eigenvalue weighted by Gasteiger charge is -2.25. The Hall–Kier alpha value is -1.69. The molecule has 0 saturated carbocycles. The number of anilines is 1. The fourth-order valence-electron chi connectivity index (χ4n) is 1.71. The molecule has 0 aliphatic rings. The molecule has 0 spiro atoms. The van der Waals surface area contributed by atoms with Crippen molar-refractivity contribution in [3.05, 3.63) is 16.5 Å². The van der Waals surface area contributed by atoms with E-state index in [0.29, 0.717) is 24.5 Å². The summed E-state index contributed by atoms with van der Waals surface area (Å²) in [7, 11) is 3.37. The van der Waals surface area contributed by atoms with Crippen LogP contribution >= 0.6 is 11.6 Å². The summed E-state index contributed by atoms with van der Waals surface area (Å²) in [6.45, 7) is 4.44. The first kappa shape index (κ1) is 16.4. The number of halogens is 1. The quantitative estimate of drug-likeness (QED) is 0.589. The zero-order chi connectivity index (χ0) is 15.3. The van der Waals surface area contributed by atoms with Gasteiger partial charge in [0.2, 0.25) is 5.91 Å². The maximum Gasteiger partial charge on any atom is 0.241 e. The van der Waals surface area contributed by atoms with Crippen LogP contribution in [-0.4, -0.2) is 54.2 Å². The van der Waals surface area contributed by atoms with Gasteiger partial charge in [0.15, 0.2) is 6.29 Å². The molecule has 0 atom stereocenters. The zero-order valence-corrected chi connectivity index (χ0v) is 12.9. The fourth-order valence-corrected chi connectivity index (χ4v) is 1.96. The van der Waals surface area contributed by atoms with E-state index in [4.69, 9.17) is 11.6 Å². The van der Waals surface area contributed by atoms with Gasteiger partial charge in [0.05, 0.1) is 12.1 Å². The molecule has 6 nitrogen and oxygen atoms in total. The van der Waals surface area contributed by atoms with Crippen LogP contribution in [0.1, 0.15) is 29.5 Å². The van der Waals surface area contributed by atoms with E-state index in [1.54, 1.807) is 25.9 Å². The Labute approximate surface area is 123 Å². The molecule has 0 aliphatic heterocycles. The van der Waals surface area contributed by atoms with Crippen LogP contribution in [0.4, 0.5) is 5.82 Å². The second-order valence-electron chi connectivity index (χ2n) is 4.63. The minimum Gasteiger partial charge on any atom is -0.347 e. The molecule has 1 heterocycles. The Kier molecular flexibility index (Phi) is 5.88. The molecule has 0 bridgehead atoms. The maximum absolute atomic E-state index is 11.9. The highest BCUT2D eigenvalue weighted by Gasteiger charge is 2.20. The molecule has 1 aromatic rings. The summed E-state index contributed by atoms with van der Waals surface area (Å²) < 4.78 is 0. The van der Waals surface area contributed by atoms with E-state index in [2.05, 4.69) is 9.97 Å². The molecule has 0 aliphatic carbocycles. The van der Waals surface area contributed by atoms with Crippen molar-refractivity contribution < 1.29 is 9.59 Å². The first-order chi connectivity index (χ1) is 9.40. The Morgan fingerprint density at radius 3 is 2.50 bits per heavy atom. The molecule has 1 rings (SSSR count). The highest BCUT2D eigenvalue weighted by atomic mass is 35.5. The van der Waals surface area contributed by atoms with Crippen molar-refractivity contribution >= 4 is 29.6 Å². The number of aldehydes is 1. The second kappa shape index (κ2) is 7.19. The summed E-state index contributed by atoms with van der Waals surface area (Å²) in [5.74, 6) is 0.811. The zero-order valence-electron chi connectivity index (χ0n) is 12.2. The molecule has 7 heteroatoms. The lowest BCUT2D eigenvalue weighted by molar-refractivity contribution is -0.127. The summed E-state index contributed by atoms with van der Waals surface area (Å²) in [6, 6.07) is 0. The van der Waals surface area contributed by atoms with Crippen LogP contribution in [0.3, 0.4) is 0 Å². The third kappa shape index (κ3) is 3.90. The highest BCUT2D eigenvalue weighted by molar-refractivity contribution is 6.32. The standard InChI is InChI=1S/C13H19ClN4O2/c1-5-6-18(7-11(20)17(3)4)13-10(8-19)12(14)15-9(2)16-13/h8H,5-7H2,1-4H3. The van der Waals surface area contributed by atoms with Crippen molar-refractivity contribution in [3.8, 4) is 0 Å². The van der Waals surface area contributed by atoms with Gasteiger partial charge < -0.3 is 9.80 Å². The van der Waals surface area contributed by atoms with Crippen LogP contribution < -0.4 is 4.90 Å². The van der Waals surface area contributed by atoms with Gasteiger partial charge in [0.25, 0.3) is 0 Å². The van der Waals surface area contributed by atoms with E-state index in [9.17, 15) is 9.59 Å². The van der Waals surface area contributed by atoms with Crippen LogP contribution in [-0.2, 0) is 4.79 Å². The SMILES string of the molecule is CCCN(CC(=O)N(C)C)c1nc(C)nc(Cl)c1C=O. The molecule has 20 heavy (non-hydrogen) atoms. The van der Waals surface area contributed by atoms with Crippen LogP contribution in [0.5, 0.6) is 0 Å². The monoisotopic (exact) mass is 298 g/mol. The summed E-state index contributed by atoms with van der Waals surface area (Å²) in [6.07, 6.45) is 1.44. The molecule has 0 saturated heterocycles.